The number of nitrogens with zero attached hydrogens (tertiary/aromatic N) is 1. The van der Waals surface area contributed by atoms with E-state index in [0.717, 1.165) is 16.0 Å². The second kappa shape index (κ2) is 4.49. The fraction of sp³-hybridized carbons (Fsp3) is 0.300. The highest BCUT2D eigenvalue weighted by molar-refractivity contribution is 14.1. The van der Waals surface area contributed by atoms with Crippen molar-refractivity contribution >= 4 is 37.9 Å². The first-order chi connectivity index (χ1) is 6.81. The third-order valence-electron chi connectivity index (χ3n) is 2.04. The summed E-state index contributed by atoms with van der Waals surface area (Å²) in [5.41, 5.74) is 2.46. The molecule has 74 valence electrons. The van der Waals surface area contributed by atoms with Crippen LogP contribution in [0.25, 0.3) is 0 Å². The fourth-order valence-corrected chi connectivity index (χ4v) is 2.12. The average molecular weight is 322 g/mol. The maximum atomic E-state index is 5.55. The molecule has 14 heavy (non-hydrogen) atoms. The lowest BCUT2D eigenvalue weighted by Gasteiger charge is -2.05. The van der Waals surface area contributed by atoms with Gasteiger partial charge in [-0.25, -0.2) is 0 Å². The Hall–Kier alpha value is -0.290. The molecule has 0 saturated carbocycles. The number of halogens is 2. The highest BCUT2D eigenvalue weighted by Crippen LogP contribution is 2.26. The molecule has 2 nitrogen and oxygen atoms in total. The fourth-order valence-electron chi connectivity index (χ4n) is 1.37. The number of hydrogen-bond donors (Lipinski definition) is 0. The molecule has 1 aromatic carbocycles. The highest BCUT2D eigenvalue weighted by Gasteiger charge is 2.13. The molecule has 0 unspecified atom stereocenters. The number of alkyl halides is 1. The second-order valence-electron chi connectivity index (χ2n) is 2.96. The summed E-state index contributed by atoms with van der Waals surface area (Å²) in [6.07, 6.45) is 0. The smallest absolute Gasteiger partial charge is 0.120 e. The van der Waals surface area contributed by atoms with Gasteiger partial charge in [0.25, 0.3) is 0 Å². The molecular weight excluding hydrogens is 312 g/mol. The molecule has 0 amide bonds. The lowest BCUT2D eigenvalue weighted by molar-refractivity contribution is 0.342. The van der Waals surface area contributed by atoms with Gasteiger partial charge in [-0.2, -0.15) is 0 Å². The summed E-state index contributed by atoms with van der Waals surface area (Å²) < 4.78 is 6.50. The maximum Gasteiger partial charge on any atom is 0.120 e. The van der Waals surface area contributed by atoms with E-state index >= 15 is 0 Å². The van der Waals surface area contributed by atoms with Crippen LogP contribution in [0.2, 0.25) is 0 Å². The Bertz CT molecular complexity index is 378. The monoisotopic (exact) mass is 321 g/mol. The van der Waals surface area contributed by atoms with Crippen molar-refractivity contribution in [1.29, 1.82) is 0 Å². The molecule has 0 N–H and O–H groups in total. The molecule has 0 spiro atoms. The van der Waals surface area contributed by atoms with E-state index in [1.165, 1.54) is 11.1 Å². The molecule has 0 saturated heterocycles. The summed E-state index contributed by atoms with van der Waals surface area (Å²) in [5, 5.41) is 0. The van der Waals surface area contributed by atoms with Gasteiger partial charge in [-0.15, -0.1) is 11.6 Å². The summed E-state index contributed by atoms with van der Waals surface area (Å²) >= 11 is 7.79. The minimum Gasteiger partial charge on any atom is -0.492 e. The largest absolute Gasteiger partial charge is 0.492 e. The molecule has 4 heteroatoms. The number of benzene rings is 1. The Morgan fingerprint density at radius 3 is 3.14 bits per heavy atom. The van der Waals surface area contributed by atoms with Crippen LogP contribution in [0.15, 0.2) is 23.2 Å². The molecule has 1 aromatic rings. The quantitative estimate of drug-likeness (QED) is 0.619. The topological polar surface area (TPSA) is 21.6 Å². The van der Waals surface area contributed by atoms with E-state index < -0.39 is 0 Å². The molecule has 1 heterocycles. The Balaban J connectivity index is 2.21. The molecule has 1 aliphatic rings. The Morgan fingerprint density at radius 1 is 1.50 bits per heavy atom. The van der Waals surface area contributed by atoms with Gasteiger partial charge in [0.2, 0.25) is 0 Å². The predicted molar refractivity (Wildman–Crippen MR) is 66.9 cm³/mol. The molecule has 0 radical (unpaired) electrons. The number of hydrogen-bond acceptors (Lipinski definition) is 2. The van der Waals surface area contributed by atoms with Crippen LogP contribution in [0, 0.1) is 0 Å². The van der Waals surface area contributed by atoms with Crippen LogP contribution in [0.3, 0.4) is 0 Å². The molecule has 0 bridgehead atoms. The summed E-state index contributed by atoms with van der Waals surface area (Å²) in [6.45, 7) is 1.34. The maximum absolute atomic E-state index is 5.55. The van der Waals surface area contributed by atoms with Gasteiger partial charge in [0.1, 0.15) is 16.1 Å². The molecule has 0 atom stereocenters. The van der Waals surface area contributed by atoms with E-state index in [1.807, 2.05) is 12.1 Å². The number of fused-ring (bicyclic) bond motifs is 1. The molecule has 0 fully saturated rings. The normalized spacial score (nSPS) is 13.7. The first kappa shape index (κ1) is 10.2. The summed E-state index contributed by atoms with van der Waals surface area (Å²) in [5.74, 6) is 1.39. The van der Waals surface area contributed by atoms with Gasteiger partial charge in [-0.05, 0) is 40.3 Å². The Kier molecular flexibility index (Phi) is 3.28. The van der Waals surface area contributed by atoms with Gasteiger partial charge < -0.3 is 4.74 Å². The third kappa shape index (κ3) is 2.03. The zero-order valence-electron chi connectivity index (χ0n) is 7.46. The van der Waals surface area contributed by atoms with Gasteiger partial charge >= 0.3 is 0 Å². The van der Waals surface area contributed by atoms with Crippen molar-refractivity contribution < 1.29 is 4.74 Å². The summed E-state index contributed by atoms with van der Waals surface area (Å²) in [7, 11) is 0. The SMILES string of the molecule is ClCCOc1ccc2c(c1)C(I)=NC2. The Labute approximate surface area is 101 Å². The van der Waals surface area contributed by atoms with Crippen LogP contribution in [0.1, 0.15) is 11.1 Å². The zero-order valence-corrected chi connectivity index (χ0v) is 10.4. The van der Waals surface area contributed by atoms with E-state index in [-0.39, 0.29) is 0 Å². The van der Waals surface area contributed by atoms with Crippen molar-refractivity contribution in [2.45, 2.75) is 6.54 Å². The van der Waals surface area contributed by atoms with Crippen molar-refractivity contribution in [3.8, 4) is 5.75 Å². The van der Waals surface area contributed by atoms with E-state index in [1.54, 1.807) is 0 Å². The Morgan fingerprint density at radius 2 is 2.36 bits per heavy atom. The standard InChI is InChI=1S/C10H9ClINO/c11-3-4-14-8-2-1-7-6-13-10(12)9(7)5-8/h1-2,5H,3-4,6H2. The highest BCUT2D eigenvalue weighted by atomic mass is 127. The van der Waals surface area contributed by atoms with Crippen molar-refractivity contribution in [1.82, 2.24) is 0 Å². The number of aliphatic imine (C=N–C) groups is 1. The number of ether oxygens (including phenoxy) is 1. The molecular formula is C10H9ClINO. The van der Waals surface area contributed by atoms with Crippen molar-refractivity contribution in [2.24, 2.45) is 4.99 Å². The van der Waals surface area contributed by atoms with E-state index in [4.69, 9.17) is 16.3 Å². The van der Waals surface area contributed by atoms with Crippen molar-refractivity contribution in [2.75, 3.05) is 12.5 Å². The van der Waals surface area contributed by atoms with Crippen LogP contribution in [0.4, 0.5) is 0 Å². The van der Waals surface area contributed by atoms with Crippen molar-refractivity contribution in [3.05, 3.63) is 29.3 Å². The molecule has 0 aromatic heterocycles. The van der Waals surface area contributed by atoms with Gasteiger partial charge in [0.05, 0.1) is 12.4 Å². The average Bonchev–Trinajstić information content (AvgIpc) is 2.57. The van der Waals surface area contributed by atoms with E-state index in [0.29, 0.717) is 12.5 Å². The second-order valence-corrected chi connectivity index (χ2v) is 4.36. The van der Waals surface area contributed by atoms with Crippen molar-refractivity contribution in [3.63, 3.8) is 0 Å². The van der Waals surface area contributed by atoms with Crippen LogP contribution < -0.4 is 4.74 Å². The summed E-state index contributed by atoms with van der Waals surface area (Å²) in [6, 6.07) is 6.06. The first-order valence-electron chi connectivity index (χ1n) is 4.33. The zero-order chi connectivity index (χ0) is 9.97. The van der Waals surface area contributed by atoms with Crippen LogP contribution in [0.5, 0.6) is 5.75 Å². The van der Waals surface area contributed by atoms with E-state index in [9.17, 15) is 0 Å². The summed E-state index contributed by atoms with van der Waals surface area (Å²) in [4.78, 5) is 4.35. The minimum absolute atomic E-state index is 0.516. The molecule has 2 rings (SSSR count). The lowest BCUT2D eigenvalue weighted by Crippen LogP contribution is -1.99. The van der Waals surface area contributed by atoms with Crippen LogP contribution in [-0.2, 0) is 6.54 Å². The lowest BCUT2D eigenvalue weighted by atomic mass is 10.1. The third-order valence-corrected chi connectivity index (χ3v) is 3.11. The van der Waals surface area contributed by atoms with E-state index in [2.05, 4.69) is 33.6 Å². The number of rotatable bonds is 3. The predicted octanol–water partition coefficient (Wildman–Crippen LogP) is 3.00. The van der Waals surface area contributed by atoms with Gasteiger partial charge in [0, 0.05) is 5.56 Å². The van der Waals surface area contributed by atoms with Gasteiger partial charge in [-0.3, -0.25) is 4.99 Å². The first-order valence-corrected chi connectivity index (χ1v) is 5.94. The minimum atomic E-state index is 0.516. The van der Waals surface area contributed by atoms with Crippen LogP contribution >= 0.6 is 34.2 Å². The molecule has 1 aliphatic heterocycles. The van der Waals surface area contributed by atoms with Gasteiger partial charge in [-0.1, -0.05) is 6.07 Å². The van der Waals surface area contributed by atoms with Gasteiger partial charge in [0.15, 0.2) is 0 Å². The molecule has 0 aliphatic carbocycles. The van der Waals surface area contributed by atoms with Crippen LogP contribution in [-0.4, -0.2) is 16.2 Å².